The zero-order valence-corrected chi connectivity index (χ0v) is 26.0. The predicted molar refractivity (Wildman–Crippen MR) is 168 cm³/mol. The summed E-state index contributed by atoms with van der Waals surface area (Å²) in [6.07, 6.45) is 5.61. The van der Waals surface area contributed by atoms with E-state index in [2.05, 4.69) is 5.32 Å². The van der Waals surface area contributed by atoms with Crippen LogP contribution in [-0.2, 0) is 26.2 Å². The molecule has 0 radical (unpaired) electrons. The number of nitrogens with one attached hydrogen (secondary N) is 1. The molecule has 2 amide bonds. The van der Waals surface area contributed by atoms with Crippen molar-refractivity contribution >= 4 is 27.5 Å². The molecule has 1 saturated carbocycles. The third kappa shape index (κ3) is 7.40. The summed E-state index contributed by atoms with van der Waals surface area (Å²) >= 11 is 0. The maximum Gasteiger partial charge on any atom is 0.264 e. The van der Waals surface area contributed by atoms with E-state index in [9.17, 15) is 18.0 Å². The van der Waals surface area contributed by atoms with Crippen LogP contribution < -0.4 is 9.62 Å². The monoisotopic (exact) mass is 589 g/mol. The summed E-state index contributed by atoms with van der Waals surface area (Å²) in [6, 6.07) is 20.8. The second-order valence-electron chi connectivity index (χ2n) is 11.3. The molecule has 0 unspecified atom stereocenters. The number of aryl methyl sites for hydroxylation is 2. The second kappa shape index (κ2) is 14.0. The van der Waals surface area contributed by atoms with E-state index in [0.717, 1.165) is 47.9 Å². The Balaban J connectivity index is 1.72. The number of carbonyl (C=O) groups is 2. The van der Waals surface area contributed by atoms with Crippen LogP contribution in [0.4, 0.5) is 5.69 Å². The summed E-state index contributed by atoms with van der Waals surface area (Å²) in [6.45, 7) is 7.43. The van der Waals surface area contributed by atoms with Crippen LogP contribution >= 0.6 is 0 Å². The first-order chi connectivity index (χ1) is 20.1. The van der Waals surface area contributed by atoms with Gasteiger partial charge in [0.05, 0.1) is 10.6 Å². The lowest BCUT2D eigenvalue weighted by atomic mass is 9.95. The van der Waals surface area contributed by atoms with E-state index in [4.69, 9.17) is 0 Å². The minimum Gasteiger partial charge on any atom is -0.352 e. The van der Waals surface area contributed by atoms with E-state index in [-0.39, 0.29) is 23.4 Å². The molecule has 0 aliphatic heterocycles. The average Bonchev–Trinajstić information content (AvgIpc) is 2.99. The van der Waals surface area contributed by atoms with Gasteiger partial charge in [-0.25, -0.2) is 8.42 Å². The van der Waals surface area contributed by atoms with Gasteiger partial charge in [-0.3, -0.25) is 13.9 Å². The third-order valence-electron chi connectivity index (χ3n) is 8.27. The number of sulfonamides is 1. The van der Waals surface area contributed by atoms with Gasteiger partial charge in [0.15, 0.2) is 0 Å². The standard InChI is InChI=1S/C34H43N3O4S/c1-5-31(34(39)35-29-14-8-6-9-15-29)36(23-28-21-19-25(2)20-22-28)33(38)24-37(32-18-12-13-26(3)27(32)4)42(40,41)30-16-10-7-11-17-30/h7,10-13,16-22,29,31H,5-6,8-9,14-15,23-24H2,1-4H3,(H,35,39)/t31-/m0/s1. The van der Waals surface area contributed by atoms with Crippen LogP contribution in [0.25, 0.3) is 0 Å². The van der Waals surface area contributed by atoms with Crippen LogP contribution in [0.5, 0.6) is 0 Å². The first-order valence-corrected chi connectivity index (χ1v) is 16.3. The molecule has 7 nitrogen and oxygen atoms in total. The van der Waals surface area contributed by atoms with Crippen LogP contribution in [0.15, 0.2) is 77.7 Å². The molecule has 4 rings (SSSR count). The largest absolute Gasteiger partial charge is 0.352 e. The molecule has 0 saturated heterocycles. The van der Waals surface area contributed by atoms with Crippen LogP contribution in [0.1, 0.15) is 67.7 Å². The Hall–Kier alpha value is -3.65. The van der Waals surface area contributed by atoms with E-state index in [1.807, 2.05) is 58.0 Å². The second-order valence-corrected chi connectivity index (χ2v) is 13.2. The minimum atomic E-state index is -4.09. The van der Waals surface area contributed by atoms with Gasteiger partial charge in [-0.15, -0.1) is 0 Å². The quantitative estimate of drug-likeness (QED) is 0.294. The molecule has 1 atom stereocenters. The number of nitrogens with zero attached hydrogens (tertiary/aromatic N) is 2. The Morgan fingerprint density at radius 3 is 2.19 bits per heavy atom. The van der Waals surface area contributed by atoms with Gasteiger partial charge in [0.2, 0.25) is 11.8 Å². The summed E-state index contributed by atoms with van der Waals surface area (Å²) in [4.78, 5) is 29.6. The van der Waals surface area contributed by atoms with E-state index < -0.39 is 28.5 Å². The van der Waals surface area contributed by atoms with Crippen molar-refractivity contribution in [2.45, 2.75) is 89.7 Å². The van der Waals surface area contributed by atoms with Crippen molar-refractivity contribution in [3.05, 3.63) is 95.1 Å². The van der Waals surface area contributed by atoms with Crippen molar-refractivity contribution < 1.29 is 18.0 Å². The third-order valence-corrected chi connectivity index (χ3v) is 10.0. The number of hydrogen-bond acceptors (Lipinski definition) is 4. The molecule has 8 heteroatoms. The summed E-state index contributed by atoms with van der Waals surface area (Å²) in [5, 5.41) is 3.19. The maximum absolute atomic E-state index is 14.3. The first kappa shape index (κ1) is 31.3. The van der Waals surface area contributed by atoms with Gasteiger partial charge in [-0.2, -0.15) is 0 Å². The molecule has 224 valence electrons. The van der Waals surface area contributed by atoms with Crippen molar-refractivity contribution in [2.75, 3.05) is 10.8 Å². The first-order valence-electron chi connectivity index (χ1n) is 14.9. The molecule has 0 bridgehead atoms. The van der Waals surface area contributed by atoms with Gasteiger partial charge in [0.1, 0.15) is 12.6 Å². The minimum absolute atomic E-state index is 0.0986. The molecule has 0 aromatic heterocycles. The highest BCUT2D eigenvalue weighted by atomic mass is 32.2. The Labute approximate surface area is 251 Å². The molecular formula is C34H43N3O4S. The molecule has 3 aromatic rings. The van der Waals surface area contributed by atoms with E-state index in [0.29, 0.717) is 12.1 Å². The van der Waals surface area contributed by atoms with Crippen molar-refractivity contribution in [3.63, 3.8) is 0 Å². The molecule has 42 heavy (non-hydrogen) atoms. The van der Waals surface area contributed by atoms with Crippen molar-refractivity contribution in [3.8, 4) is 0 Å². The van der Waals surface area contributed by atoms with Gasteiger partial charge >= 0.3 is 0 Å². The number of hydrogen-bond donors (Lipinski definition) is 1. The number of anilines is 1. The molecule has 1 aliphatic carbocycles. The topological polar surface area (TPSA) is 86.8 Å². The van der Waals surface area contributed by atoms with Gasteiger partial charge in [-0.1, -0.05) is 86.3 Å². The van der Waals surface area contributed by atoms with Gasteiger partial charge in [-0.05, 0) is 74.9 Å². The SMILES string of the molecule is CC[C@@H](C(=O)NC1CCCCC1)N(Cc1ccc(C)cc1)C(=O)CN(c1cccc(C)c1C)S(=O)(=O)c1ccccc1. The Kier molecular flexibility index (Phi) is 10.4. The van der Waals surface area contributed by atoms with Crippen molar-refractivity contribution in [1.82, 2.24) is 10.2 Å². The fraction of sp³-hybridized carbons (Fsp3) is 0.412. The highest BCUT2D eigenvalue weighted by Crippen LogP contribution is 2.29. The van der Waals surface area contributed by atoms with Gasteiger partial charge in [0.25, 0.3) is 10.0 Å². The fourth-order valence-electron chi connectivity index (χ4n) is 5.59. The lowest BCUT2D eigenvalue weighted by Crippen LogP contribution is -2.54. The van der Waals surface area contributed by atoms with Crippen LogP contribution in [0, 0.1) is 20.8 Å². The molecule has 0 spiro atoms. The van der Waals surface area contributed by atoms with Crippen LogP contribution in [0.2, 0.25) is 0 Å². The number of benzene rings is 3. The van der Waals surface area contributed by atoms with Gasteiger partial charge in [0, 0.05) is 12.6 Å². The highest BCUT2D eigenvalue weighted by molar-refractivity contribution is 7.92. The molecule has 1 fully saturated rings. The lowest BCUT2D eigenvalue weighted by molar-refractivity contribution is -0.140. The molecule has 3 aromatic carbocycles. The zero-order chi connectivity index (χ0) is 30.3. The number of rotatable bonds is 11. The van der Waals surface area contributed by atoms with E-state index >= 15 is 0 Å². The smallest absolute Gasteiger partial charge is 0.264 e. The fourth-order valence-corrected chi connectivity index (χ4v) is 7.09. The van der Waals surface area contributed by atoms with Crippen LogP contribution in [0.3, 0.4) is 0 Å². The highest BCUT2D eigenvalue weighted by Gasteiger charge is 2.35. The predicted octanol–water partition coefficient (Wildman–Crippen LogP) is 6.06. The Morgan fingerprint density at radius 1 is 0.881 bits per heavy atom. The zero-order valence-electron chi connectivity index (χ0n) is 25.2. The Morgan fingerprint density at radius 2 is 1.55 bits per heavy atom. The summed E-state index contributed by atoms with van der Waals surface area (Å²) in [5.41, 5.74) is 4.11. The average molecular weight is 590 g/mol. The van der Waals surface area contributed by atoms with E-state index in [1.165, 1.54) is 22.9 Å². The molecular weight excluding hydrogens is 546 g/mol. The number of amides is 2. The van der Waals surface area contributed by atoms with E-state index in [1.54, 1.807) is 35.2 Å². The van der Waals surface area contributed by atoms with Gasteiger partial charge < -0.3 is 10.2 Å². The van der Waals surface area contributed by atoms with Crippen LogP contribution in [-0.4, -0.2) is 43.8 Å². The van der Waals surface area contributed by atoms with Crippen molar-refractivity contribution in [1.29, 1.82) is 0 Å². The molecule has 0 heterocycles. The molecule has 1 aliphatic rings. The summed E-state index contributed by atoms with van der Waals surface area (Å²) < 4.78 is 29.3. The molecule has 1 N–H and O–H groups in total. The Bertz CT molecular complexity index is 1470. The summed E-state index contributed by atoms with van der Waals surface area (Å²) in [5.74, 6) is -0.615. The maximum atomic E-state index is 14.3. The van der Waals surface area contributed by atoms with Crippen molar-refractivity contribution in [2.24, 2.45) is 0 Å². The normalized spacial score (nSPS) is 14.7. The summed E-state index contributed by atoms with van der Waals surface area (Å²) in [7, 11) is -4.09. The number of carbonyl (C=O) groups excluding carboxylic acids is 2. The lowest BCUT2D eigenvalue weighted by Gasteiger charge is -2.35.